The van der Waals surface area contributed by atoms with Crippen molar-refractivity contribution < 1.29 is 4.74 Å². The molecule has 0 amide bonds. The quantitative estimate of drug-likeness (QED) is 0.702. The van der Waals surface area contributed by atoms with Gasteiger partial charge in [-0.25, -0.2) is 0 Å². The smallest absolute Gasteiger partial charge is 0.0510 e. The third kappa shape index (κ3) is 4.92. The summed E-state index contributed by atoms with van der Waals surface area (Å²) < 4.78 is 5.61. The van der Waals surface area contributed by atoms with Crippen LogP contribution in [0.2, 0.25) is 0 Å². The molecular formula is C17H35N3O. The zero-order chi connectivity index (χ0) is 15.1. The standard InChI is InChI=1S/C17H35N3O/c1-4-9-18-17(15-8-11-21-14-15)13-19-10-7-16(12-19)20(5-2)6-3/h15-18H,4-14H2,1-3H3. The first-order valence-corrected chi connectivity index (χ1v) is 9.05. The Balaban J connectivity index is 1.82. The normalized spacial score (nSPS) is 28.6. The highest BCUT2D eigenvalue weighted by molar-refractivity contribution is 4.88. The first-order valence-electron chi connectivity index (χ1n) is 9.05. The maximum atomic E-state index is 5.61. The molecule has 0 aromatic heterocycles. The van der Waals surface area contributed by atoms with Crippen molar-refractivity contribution in [1.82, 2.24) is 15.1 Å². The van der Waals surface area contributed by atoms with Crippen LogP contribution in [0.3, 0.4) is 0 Å². The lowest BCUT2D eigenvalue weighted by molar-refractivity contribution is 0.162. The van der Waals surface area contributed by atoms with E-state index < -0.39 is 0 Å². The molecule has 0 aromatic rings. The molecule has 0 aliphatic carbocycles. The van der Waals surface area contributed by atoms with E-state index in [4.69, 9.17) is 4.74 Å². The summed E-state index contributed by atoms with van der Waals surface area (Å²) >= 11 is 0. The maximum absolute atomic E-state index is 5.61. The van der Waals surface area contributed by atoms with Crippen LogP contribution in [0, 0.1) is 5.92 Å². The highest BCUT2D eigenvalue weighted by atomic mass is 16.5. The fourth-order valence-electron chi connectivity index (χ4n) is 3.87. The van der Waals surface area contributed by atoms with Crippen LogP contribution in [0.1, 0.15) is 40.0 Å². The Bertz CT molecular complexity index is 277. The van der Waals surface area contributed by atoms with Crippen molar-refractivity contribution in [2.75, 3.05) is 52.5 Å². The van der Waals surface area contributed by atoms with Crippen molar-refractivity contribution in [2.45, 2.75) is 52.1 Å². The van der Waals surface area contributed by atoms with Crippen LogP contribution in [0.4, 0.5) is 0 Å². The Morgan fingerprint density at radius 2 is 2.05 bits per heavy atom. The SMILES string of the molecule is CCCNC(CN1CCC(N(CC)CC)C1)C1CCOC1. The molecular weight excluding hydrogens is 262 g/mol. The number of likely N-dealkylation sites (tertiary alicyclic amines) is 1. The van der Waals surface area contributed by atoms with E-state index >= 15 is 0 Å². The highest BCUT2D eigenvalue weighted by Crippen LogP contribution is 2.21. The van der Waals surface area contributed by atoms with Crippen molar-refractivity contribution in [3.63, 3.8) is 0 Å². The van der Waals surface area contributed by atoms with Gasteiger partial charge in [0, 0.05) is 37.7 Å². The second-order valence-electron chi connectivity index (χ2n) is 6.61. The van der Waals surface area contributed by atoms with Gasteiger partial charge in [0.1, 0.15) is 0 Å². The zero-order valence-corrected chi connectivity index (χ0v) is 14.3. The lowest BCUT2D eigenvalue weighted by atomic mass is 9.98. The van der Waals surface area contributed by atoms with Crippen molar-refractivity contribution in [2.24, 2.45) is 5.92 Å². The monoisotopic (exact) mass is 297 g/mol. The largest absolute Gasteiger partial charge is 0.381 e. The minimum Gasteiger partial charge on any atom is -0.381 e. The highest BCUT2D eigenvalue weighted by Gasteiger charge is 2.31. The molecule has 2 saturated heterocycles. The summed E-state index contributed by atoms with van der Waals surface area (Å²) in [5.41, 5.74) is 0. The van der Waals surface area contributed by atoms with Crippen molar-refractivity contribution in [1.29, 1.82) is 0 Å². The van der Waals surface area contributed by atoms with E-state index in [-0.39, 0.29) is 0 Å². The van der Waals surface area contributed by atoms with Crippen LogP contribution in [-0.4, -0.2) is 74.4 Å². The third-order valence-corrected chi connectivity index (χ3v) is 5.22. The van der Waals surface area contributed by atoms with Gasteiger partial charge in [0.15, 0.2) is 0 Å². The van der Waals surface area contributed by atoms with Gasteiger partial charge in [0.2, 0.25) is 0 Å². The van der Waals surface area contributed by atoms with E-state index in [9.17, 15) is 0 Å². The van der Waals surface area contributed by atoms with Gasteiger partial charge in [0.05, 0.1) is 6.61 Å². The number of nitrogens with one attached hydrogen (secondary N) is 1. The molecule has 3 unspecified atom stereocenters. The zero-order valence-electron chi connectivity index (χ0n) is 14.3. The Hall–Kier alpha value is -0.160. The van der Waals surface area contributed by atoms with E-state index in [1.165, 1.54) is 52.0 Å². The minimum absolute atomic E-state index is 0.614. The summed E-state index contributed by atoms with van der Waals surface area (Å²) in [5, 5.41) is 3.78. The summed E-state index contributed by atoms with van der Waals surface area (Å²) in [6.07, 6.45) is 3.78. The molecule has 4 heteroatoms. The van der Waals surface area contributed by atoms with Gasteiger partial charge in [0.25, 0.3) is 0 Å². The number of hydrogen-bond acceptors (Lipinski definition) is 4. The number of ether oxygens (including phenoxy) is 1. The lowest BCUT2D eigenvalue weighted by Crippen LogP contribution is -2.46. The average Bonchev–Trinajstić information content (AvgIpc) is 3.16. The second kappa shape index (κ2) is 9.09. The molecule has 0 bridgehead atoms. The van der Waals surface area contributed by atoms with Gasteiger partial charge < -0.3 is 15.0 Å². The molecule has 3 atom stereocenters. The van der Waals surface area contributed by atoms with Crippen molar-refractivity contribution in [3.8, 4) is 0 Å². The van der Waals surface area contributed by atoms with E-state index in [1.807, 2.05) is 0 Å². The summed E-state index contributed by atoms with van der Waals surface area (Å²) in [5.74, 6) is 0.712. The molecule has 1 N–H and O–H groups in total. The predicted octanol–water partition coefficient (Wildman–Crippen LogP) is 1.81. The van der Waals surface area contributed by atoms with E-state index in [0.29, 0.717) is 12.0 Å². The van der Waals surface area contributed by atoms with Crippen molar-refractivity contribution in [3.05, 3.63) is 0 Å². The van der Waals surface area contributed by atoms with Gasteiger partial charge in [-0.15, -0.1) is 0 Å². The first kappa shape index (κ1) is 17.2. The molecule has 2 fully saturated rings. The van der Waals surface area contributed by atoms with Crippen LogP contribution in [0.15, 0.2) is 0 Å². The maximum Gasteiger partial charge on any atom is 0.0510 e. The van der Waals surface area contributed by atoms with E-state index in [2.05, 4.69) is 35.9 Å². The summed E-state index contributed by atoms with van der Waals surface area (Å²) in [7, 11) is 0. The van der Waals surface area contributed by atoms with E-state index in [0.717, 1.165) is 25.8 Å². The molecule has 2 heterocycles. The molecule has 0 saturated carbocycles. The fourth-order valence-corrected chi connectivity index (χ4v) is 3.87. The van der Waals surface area contributed by atoms with Gasteiger partial charge in [-0.2, -0.15) is 0 Å². The van der Waals surface area contributed by atoms with Crippen LogP contribution in [0.5, 0.6) is 0 Å². The van der Waals surface area contributed by atoms with Crippen molar-refractivity contribution >= 4 is 0 Å². The van der Waals surface area contributed by atoms with Gasteiger partial charge in [-0.1, -0.05) is 20.8 Å². The Labute approximate surface area is 131 Å². The predicted molar refractivity (Wildman–Crippen MR) is 88.8 cm³/mol. The number of nitrogens with zero attached hydrogens (tertiary/aromatic N) is 2. The summed E-state index contributed by atoms with van der Waals surface area (Å²) in [6.45, 7) is 15.9. The number of rotatable bonds is 9. The molecule has 2 aliphatic heterocycles. The van der Waals surface area contributed by atoms with E-state index in [1.54, 1.807) is 0 Å². The van der Waals surface area contributed by atoms with Crippen LogP contribution >= 0.6 is 0 Å². The molecule has 0 aromatic carbocycles. The van der Waals surface area contributed by atoms with Gasteiger partial charge in [-0.05, 0) is 45.4 Å². The van der Waals surface area contributed by atoms with Gasteiger partial charge >= 0.3 is 0 Å². The molecule has 2 rings (SSSR count). The number of hydrogen-bond donors (Lipinski definition) is 1. The average molecular weight is 297 g/mol. The molecule has 124 valence electrons. The summed E-state index contributed by atoms with van der Waals surface area (Å²) in [4.78, 5) is 5.29. The van der Waals surface area contributed by atoms with Crippen LogP contribution < -0.4 is 5.32 Å². The molecule has 4 nitrogen and oxygen atoms in total. The molecule has 0 spiro atoms. The van der Waals surface area contributed by atoms with Crippen LogP contribution in [0.25, 0.3) is 0 Å². The lowest BCUT2D eigenvalue weighted by Gasteiger charge is -2.30. The first-order chi connectivity index (χ1) is 10.3. The molecule has 21 heavy (non-hydrogen) atoms. The van der Waals surface area contributed by atoms with Gasteiger partial charge in [-0.3, -0.25) is 4.90 Å². The Morgan fingerprint density at radius 3 is 2.67 bits per heavy atom. The molecule has 0 radical (unpaired) electrons. The molecule has 2 aliphatic rings. The second-order valence-corrected chi connectivity index (χ2v) is 6.61. The minimum atomic E-state index is 0.614. The Kier molecular flexibility index (Phi) is 7.44. The van der Waals surface area contributed by atoms with Crippen LogP contribution in [-0.2, 0) is 4.74 Å². The third-order valence-electron chi connectivity index (χ3n) is 5.22. The topological polar surface area (TPSA) is 27.7 Å². The Morgan fingerprint density at radius 1 is 1.24 bits per heavy atom. The summed E-state index contributed by atoms with van der Waals surface area (Å²) in [6, 6.07) is 1.38. The fraction of sp³-hybridized carbons (Fsp3) is 1.00. The number of likely N-dealkylation sites (N-methyl/N-ethyl adjacent to an activating group) is 1.